The monoisotopic (exact) mass is 309 g/mol. The fraction of sp³-hybridized carbons (Fsp3) is 0.286. The molecule has 0 saturated heterocycles. The Labute approximate surface area is 126 Å². The molecule has 1 heterocycles. The van der Waals surface area contributed by atoms with Crippen LogP contribution in [0.2, 0.25) is 0 Å². The van der Waals surface area contributed by atoms with Crippen LogP contribution in [-0.2, 0) is 6.54 Å². The molecule has 5 nitrogen and oxygen atoms in total. The van der Waals surface area contributed by atoms with Crippen LogP contribution in [0.4, 0.5) is 4.39 Å². The van der Waals surface area contributed by atoms with E-state index in [0.29, 0.717) is 41.3 Å². The zero-order valence-electron chi connectivity index (χ0n) is 11.6. The number of nitrogens with two attached hydrogens (primary N) is 1. The van der Waals surface area contributed by atoms with Crippen molar-refractivity contribution >= 4 is 12.2 Å². The highest BCUT2D eigenvalue weighted by Crippen LogP contribution is 2.30. The minimum atomic E-state index is -0.410. The second-order valence-corrected chi connectivity index (χ2v) is 4.85. The van der Waals surface area contributed by atoms with Crippen molar-refractivity contribution in [3.05, 3.63) is 45.2 Å². The maximum atomic E-state index is 13.3. The lowest BCUT2D eigenvalue weighted by Gasteiger charge is -2.15. The van der Waals surface area contributed by atoms with Crippen LogP contribution in [0, 0.1) is 10.6 Å². The number of aromatic amines is 1. The Kier molecular flexibility index (Phi) is 4.87. The Balaban J connectivity index is 2.67. The van der Waals surface area contributed by atoms with Gasteiger partial charge in [0.1, 0.15) is 11.6 Å². The van der Waals surface area contributed by atoms with Gasteiger partial charge in [0.15, 0.2) is 4.77 Å². The maximum Gasteiger partial charge on any atom is 0.252 e. The van der Waals surface area contributed by atoms with Crippen LogP contribution in [0.3, 0.4) is 0 Å². The summed E-state index contributed by atoms with van der Waals surface area (Å²) >= 11 is 5.20. The third-order valence-corrected chi connectivity index (χ3v) is 3.38. The van der Waals surface area contributed by atoms with Crippen molar-refractivity contribution in [2.24, 2.45) is 5.73 Å². The number of aromatic nitrogens is 2. The first-order chi connectivity index (χ1) is 10.1. The molecule has 2 aromatic rings. The molecule has 0 bridgehead atoms. The van der Waals surface area contributed by atoms with Gasteiger partial charge < -0.3 is 15.0 Å². The fourth-order valence-electron chi connectivity index (χ4n) is 2.09. The Hall–Kier alpha value is -1.99. The molecule has 7 heteroatoms. The van der Waals surface area contributed by atoms with Gasteiger partial charge in [-0.15, -0.1) is 0 Å². The standard InChI is InChI=1S/C14H16FN3O2S/c1-20-12-7-9(15)3-4-10(12)11-8-13(19)17-14(21)18(11)6-2-5-16/h3-4,7-8H,2,5-6,16H2,1H3,(H,17,19,21). The average molecular weight is 309 g/mol. The number of hydrogen-bond acceptors (Lipinski definition) is 4. The first-order valence-electron chi connectivity index (χ1n) is 6.45. The van der Waals surface area contributed by atoms with Gasteiger partial charge in [0.25, 0.3) is 5.56 Å². The number of H-pyrrole nitrogens is 1. The van der Waals surface area contributed by atoms with Crippen LogP contribution in [0.1, 0.15) is 6.42 Å². The third kappa shape index (κ3) is 3.37. The molecular weight excluding hydrogens is 293 g/mol. The highest BCUT2D eigenvalue weighted by molar-refractivity contribution is 7.71. The molecule has 0 fully saturated rings. The SMILES string of the molecule is COc1cc(F)ccc1-c1cc(=O)[nH]c(=S)n1CCCN. The molecule has 0 unspecified atom stereocenters. The number of benzene rings is 1. The lowest BCUT2D eigenvalue weighted by Crippen LogP contribution is -2.16. The van der Waals surface area contributed by atoms with E-state index in [2.05, 4.69) is 4.98 Å². The van der Waals surface area contributed by atoms with E-state index in [1.54, 1.807) is 10.6 Å². The van der Waals surface area contributed by atoms with Gasteiger partial charge in [-0.05, 0) is 37.3 Å². The van der Waals surface area contributed by atoms with Crippen molar-refractivity contribution in [3.63, 3.8) is 0 Å². The average Bonchev–Trinajstić information content (AvgIpc) is 2.45. The van der Waals surface area contributed by atoms with Crippen LogP contribution in [0.25, 0.3) is 11.3 Å². The number of ether oxygens (including phenoxy) is 1. The van der Waals surface area contributed by atoms with Gasteiger partial charge in [-0.3, -0.25) is 9.78 Å². The molecule has 0 saturated carbocycles. The van der Waals surface area contributed by atoms with Crippen LogP contribution in [0.15, 0.2) is 29.1 Å². The normalized spacial score (nSPS) is 10.6. The maximum absolute atomic E-state index is 13.3. The van der Waals surface area contributed by atoms with Crippen molar-refractivity contribution in [1.82, 2.24) is 9.55 Å². The highest BCUT2D eigenvalue weighted by Gasteiger charge is 2.12. The Morgan fingerprint density at radius 2 is 2.19 bits per heavy atom. The molecule has 1 aromatic carbocycles. The topological polar surface area (TPSA) is 73.0 Å². The van der Waals surface area contributed by atoms with Crippen LogP contribution in [-0.4, -0.2) is 23.2 Å². The molecular formula is C14H16FN3O2S. The van der Waals surface area contributed by atoms with Crippen LogP contribution in [0.5, 0.6) is 5.75 Å². The van der Waals surface area contributed by atoms with E-state index < -0.39 is 5.82 Å². The lowest BCUT2D eigenvalue weighted by molar-refractivity contribution is 0.412. The number of nitrogens with zero attached hydrogens (tertiary/aromatic N) is 1. The predicted molar refractivity (Wildman–Crippen MR) is 81.5 cm³/mol. The number of nitrogens with one attached hydrogen (secondary N) is 1. The molecule has 0 aliphatic heterocycles. The number of methoxy groups -OCH3 is 1. The van der Waals surface area contributed by atoms with E-state index in [9.17, 15) is 9.18 Å². The van der Waals surface area contributed by atoms with Crippen molar-refractivity contribution < 1.29 is 9.13 Å². The summed E-state index contributed by atoms with van der Waals surface area (Å²) in [6, 6.07) is 5.57. The summed E-state index contributed by atoms with van der Waals surface area (Å²) in [6.07, 6.45) is 0.705. The Morgan fingerprint density at radius 3 is 2.86 bits per heavy atom. The van der Waals surface area contributed by atoms with E-state index in [4.69, 9.17) is 22.7 Å². The molecule has 112 valence electrons. The summed E-state index contributed by atoms with van der Waals surface area (Å²) < 4.78 is 20.6. The summed E-state index contributed by atoms with van der Waals surface area (Å²) in [5, 5.41) is 0. The molecule has 21 heavy (non-hydrogen) atoms. The molecule has 0 aliphatic carbocycles. The smallest absolute Gasteiger partial charge is 0.252 e. The molecule has 0 atom stereocenters. The van der Waals surface area contributed by atoms with Crippen molar-refractivity contribution in [2.75, 3.05) is 13.7 Å². The number of hydrogen-bond donors (Lipinski definition) is 2. The molecule has 0 aliphatic rings. The van der Waals surface area contributed by atoms with E-state index in [1.165, 1.54) is 25.3 Å². The van der Waals surface area contributed by atoms with Gasteiger partial charge in [-0.25, -0.2) is 4.39 Å². The molecule has 2 rings (SSSR count). The zero-order chi connectivity index (χ0) is 15.4. The van der Waals surface area contributed by atoms with Crippen LogP contribution < -0.4 is 16.0 Å². The molecule has 0 spiro atoms. The number of rotatable bonds is 5. The lowest BCUT2D eigenvalue weighted by atomic mass is 10.1. The van der Waals surface area contributed by atoms with Gasteiger partial charge in [0.2, 0.25) is 0 Å². The minimum Gasteiger partial charge on any atom is -0.496 e. The van der Waals surface area contributed by atoms with Gasteiger partial charge in [-0.2, -0.15) is 0 Å². The molecule has 3 N–H and O–H groups in total. The summed E-state index contributed by atoms with van der Waals surface area (Å²) in [7, 11) is 1.45. The first-order valence-corrected chi connectivity index (χ1v) is 6.85. The highest BCUT2D eigenvalue weighted by atomic mass is 32.1. The predicted octanol–water partition coefficient (Wildman–Crippen LogP) is 2.07. The summed E-state index contributed by atoms with van der Waals surface area (Å²) in [5.41, 5.74) is 6.40. The minimum absolute atomic E-state index is 0.303. The van der Waals surface area contributed by atoms with Crippen molar-refractivity contribution in [2.45, 2.75) is 13.0 Å². The number of halogens is 1. The second-order valence-electron chi connectivity index (χ2n) is 4.46. The quantitative estimate of drug-likeness (QED) is 0.829. The zero-order valence-corrected chi connectivity index (χ0v) is 12.4. The van der Waals surface area contributed by atoms with E-state index in [0.717, 1.165) is 0 Å². The van der Waals surface area contributed by atoms with Gasteiger partial charge in [0, 0.05) is 24.2 Å². The Bertz CT molecular complexity index is 755. The van der Waals surface area contributed by atoms with Crippen LogP contribution >= 0.6 is 12.2 Å². The van der Waals surface area contributed by atoms with Crippen molar-refractivity contribution in [1.29, 1.82) is 0 Å². The summed E-state index contributed by atoms with van der Waals surface area (Å²) in [4.78, 5) is 14.3. The Morgan fingerprint density at radius 1 is 1.43 bits per heavy atom. The van der Waals surface area contributed by atoms with E-state index in [1.807, 2.05) is 0 Å². The van der Waals surface area contributed by atoms with Gasteiger partial charge in [-0.1, -0.05) is 0 Å². The van der Waals surface area contributed by atoms with Gasteiger partial charge >= 0.3 is 0 Å². The molecule has 0 radical (unpaired) electrons. The fourth-order valence-corrected chi connectivity index (χ4v) is 2.38. The van der Waals surface area contributed by atoms with E-state index in [-0.39, 0.29) is 5.56 Å². The first kappa shape index (κ1) is 15.4. The van der Waals surface area contributed by atoms with E-state index >= 15 is 0 Å². The second kappa shape index (κ2) is 6.64. The largest absolute Gasteiger partial charge is 0.496 e. The molecule has 1 aromatic heterocycles. The third-order valence-electron chi connectivity index (χ3n) is 3.06. The summed E-state index contributed by atoms with van der Waals surface area (Å²) in [5.74, 6) is -0.0657. The van der Waals surface area contributed by atoms with Crippen molar-refractivity contribution in [3.8, 4) is 17.0 Å². The summed E-state index contributed by atoms with van der Waals surface area (Å²) in [6.45, 7) is 1.06. The molecule has 0 amide bonds. The van der Waals surface area contributed by atoms with Gasteiger partial charge in [0.05, 0.1) is 12.8 Å².